The van der Waals surface area contributed by atoms with E-state index in [9.17, 15) is 32.7 Å². The number of aryl methyl sites for hydroxylation is 1. The fourth-order valence-corrected chi connectivity index (χ4v) is 4.75. The van der Waals surface area contributed by atoms with Gasteiger partial charge >= 0.3 is 11.9 Å². The van der Waals surface area contributed by atoms with Gasteiger partial charge in [-0.05, 0) is 55.0 Å². The Morgan fingerprint density at radius 3 is 2.25 bits per heavy atom. The van der Waals surface area contributed by atoms with Crippen LogP contribution in [0.2, 0.25) is 0 Å². The second-order valence-electron chi connectivity index (χ2n) is 8.10. The summed E-state index contributed by atoms with van der Waals surface area (Å²) in [5, 5.41) is 9.43. The average molecular weight is 509 g/mol. The molecule has 0 aromatic heterocycles. The molecule has 0 radical (unpaired) electrons. The topological polar surface area (TPSA) is 147 Å². The molecule has 0 aliphatic carbocycles. The van der Waals surface area contributed by atoms with Gasteiger partial charge in [-0.2, -0.15) is 0 Å². The molecule has 0 spiro atoms. The SMILES string of the molecule is CC(=O)Oc1ccc(CN2C(=O)c3ccc(NS(=O)(=O)c4ccc(C)cc4)cc3C2=O)cc1C(=O)O. The number of imide groups is 1. The Kier molecular flexibility index (Phi) is 6.34. The summed E-state index contributed by atoms with van der Waals surface area (Å²) in [5.74, 6) is -3.47. The summed E-state index contributed by atoms with van der Waals surface area (Å²) in [6, 6.07) is 14.2. The van der Waals surface area contributed by atoms with Gasteiger partial charge in [0.2, 0.25) is 0 Å². The second kappa shape index (κ2) is 9.27. The Balaban J connectivity index is 1.58. The third-order valence-electron chi connectivity index (χ3n) is 5.42. The number of carboxylic acid groups (broad SMARTS) is 1. The van der Waals surface area contributed by atoms with Gasteiger partial charge in [0.1, 0.15) is 11.3 Å². The highest BCUT2D eigenvalue weighted by atomic mass is 32.2. The minimum atomic E-state index is -3.92. The zero-order chi connectivity index (χ0) is 26.2. The Labute approximate surface area is 206 Å². The van der Waals surface area contributed by atoms with E-state index in [1.165, 1.54) is 48.5 Å². The number of carbonyl (C=O) groups is 4. The Morgan fingerprint density at radius 1 is 0.944 bits per heavy atom. The number of anilines is 1. The molecule has 0 saturated heterocycles. The predicted molar refractivity (Wildman–Crippen MR) is 127 cm³/mol. The van der Waals surface area contributed by atoms with Crippen LogP contribution in [0.3, 0.4) is 0 Å². The van der Waals surface area contributed by atoms with Gasteiger partial charge in [-0.1, -0.05) is 23.8 Å². The van der Waals surface area contributed by atoms with Crippen molar-refractivity contribution >= 4 is 39.5 Å². The lowest BCUT2D eigenvalue weighted by atomic mass is 10.1. The lowest BCUT2D eigenvalue weighted by Crippen LogP contribution is -2.29. The highest BCUT2D eigenvalue weighted by Gasteiger charge is 2.36. The van der Waals surface area contributed by atoms with Crippen molar-refractivity contribution in [2.24, 2.45) is 0 Å². The molecule has 11 heteroatoms. The molecule has 184 valence electrons. The zero-order valence-electron chi connectivity index (χ0n) is 19.1. The number of sulfonamides is 1. The first kappa shape index (κ1) is 24.6. The van der Waals surface area contributed by atoms with E-state index in [4.69, 9.17) is 4.74 Å². The molecule has 2 N–H and O–H groups in total. The van der Waals surface area contributed by atoms with Gasteiger partial charge in [0, 0.05) is 12.6 Å². The zero-order valence-corrected chi connectivity index (χ0v) is 20.0. The monoisotopic (exact) mass is 508 g/mol. The summed E-state index contributed by atoms with van der Waals surface area (Å²) in [6.07, 6.45) is 0. The Hall–Kier alpha value is -4.51. The summed E-state index contributed by atoms with van der Waals surface area (Å²) in [5.41, 5.74) is 1.13. The number of amides is 2. The summed E-state index contributed by atoms with van der Waals surface area (Å²) in [6.45, 7) is 2.72. The number of rotatable bonds is 7. The number of nitrogens with zero attached hydrogens (tertiary/aromatic N) is 1. The first-order chi connectivity index (χ1) is 17.0. The van der Waals surface area contributed by atoms with Crippen LogP contribution in [-0.2, 0) is 21.4 Å². The van der Waals surface area contributed by atoms with Crippen LogP contribution in [-0.4, -0.2) is 42.2 Å². The summed E-state index contributed by atoms with van der Waals surface area (Å²) < 4.78 is 32.7. The fourth-order valence-electron chi connectivity index (χ4n) is 3.70. The van der Waals surface area contributed by atoms with Crippen molar-refractivity contribution < 1.29 is 37.4 Å². The molecule has 0 saturated carbocycles. The number of fused-ring (bicyclic) bond motifs is 1. The van der Waals surface area contributed by atoms with Gasteiger partial charge in [0.15, 0.2) is 0 Å². The normalized spacial score (nSPS) is 12.9. The van der Waals surface area contributed by atoms with Gasteiger partial charge in [-0.3, -0.25) is 24.0 Å². The molecule has 1 heterocycles. The maximum atomic E-state index is 13.0. The van der Waals surface area contributed by atoms with Gasteiger partial charge in [-0.15, -0.1) is 0 Å². The van der Waals surface area contributed by atoms with E-state index in [0.717, 1.165) is 17.4 Å². The summed E-state index contributed by atoms with van der Waals surface area (Å²) >= 11 is 0. The molecule has 1 aliphatic rings. The first-order valence-electron chi connectivity index (χ1n) is 10.6. The predicted octanol–water partition coefficient (Wildman–Crippen LogP) is 3.22. The maximum absolute atomic E-state index is 13.0. The Morgan fingerprint density at radius 2 is 1.61 bits per heavy atom. The molecule has 3 aromatic rings. The van der Waals surface area contributed by atoms with E-state index < -0.39 is 33.8 Å². The molecule has 3 aromatic carbocycles. The molecule has 10 nitrogen and oxygen atoms in total. The molecule has 1 aliphatic heterocycles. The van der Waals surface area contributed by atoms with E-state index in [2.05, 4.69) is 4.72 Å². The first-order valence-corrected chi connectivity index (χ1v) is 12.1. The standard InChI is InChI=1S/C25H20N2O8S/c1-14-3-7-18(8-4-14)36(33,34)26-17-6-9-19-20(12-17)24(30)27(23(19)29)13-16-5-10-22(35-15(2)28)21(11-16)25(31)32/h3-12,26H,13H2,1-2H3,(H,31,32). The van der Waals surface area contributed by atoms with Crippen LogP contribution < -0.4 is 9.46 Å². The molecular formula is C25H20N2O8S. The Bertz CT molecular complexity index is 1530. The van der Waals surface area contributed by atoms with Gasteiger partial charge in [-0.25, -0.2) is 13.2 Å². The number of ether oxygens (including phenoxy) is 1. The number of esters is 1. The molecule has 0 bridgehead atoms. The second-order valence-corrected chi connectivity index (χ2v) is 9.79. The number of carboxylic acids is 1. The number of benzene rings is 3. The van der Waals surface area contributed by atoms with Gasteiger partial charge < -0.3 is 9.84 Å². The fraction of sp³-hybridized carbons (Fsp3) is 0.120. The molecule has 4 rings (SSSR count). The van der Waals surface area contributed by atoms with Crippen LogP contribution in [0.5, 0.6) is 5.75 Å². The summed E-state index contributed by atoms with van der Waals surface area (Å²) in [7, 11) is -3.92. The molecule has 36 heavy (non-hydrogen) atoms. The van der Waals surface area contributed by atoms with Crippen LogP contribution in [0.25, 0.3) is 0 Å². The highest BCUT2D eigenvalue weighted by molar-refractivity contribution is 7.92. The van der Waals surface area contributed by atoms with Crippen LogP contribution in [0.15, 0.2) is 65.6 Å². The van der Waals surface area contributed by atoms with Crippen molar-refractivity contribution in [3.63, 3.8) is 0 Å². The molecule has 2 amide bonds. The number of nitrogens with one attached hydrogen (secondary N) is 1. The average Bonchev–Trinajstić information content (AvgIpc) is 3.04. The maximum Gasteiger partial charge on any atom is 0.339 e. The minimum Gasteiger partial charge on any atom is -0.478 e. The number of hydrogen-bond donors (Lipinski definition) is 2. The molecular weight excluding hydrogens is 488 g/mol. The van der Waals surface area contributed by atoms with E-state index in [1.54, 1.807) is 12.1 Å². The van der Waals surface area contributed by atoms with Crippen molar-refractivity contribution in [1.82, 2.24) is 4.90 Å². The van der Waals surface area contributed by atoms with Crippen molar-refractivity contribution in [3.8, 4) is 5.75 Å². The molecule has 0 unspecified atom stereocenters. The van der Waals surface area contributed by atoms with Gasteiger partial charge in [0.05, 0.1) is 22.6 Å². The third kappa shape index (κ3) is 4.82. The van der Waals surface area contributed by atoms with Crippen molar-refractivity contribution in [2.45, 2.75) is 25.3 Å². The number of hydrogen-bond acceptors (Lipinski definition) is 7. The van der Waals surface area contributed by atoms with Crippen LogP contribution in [0.4, 0.5) is 5.69 Å². The van der Waals surface area contributed by atoms with E-state index >= 15 is 0 Å². The number of carbonyl (C=O) groups excluding carboxylic acids is 3. The van der Waals surface area contributed by atoms with Crippen LogP contribution in [0, 0.1) is 6.92 Å². The van der Waals surface area contributed by atoms with E-state index in [0.29, 0.717) is 5.56 Å². The molecule has 0 fully saturated rings. The lowest BCUT2D eigenvalue weighted by molar-refractivity contribution is -0.131. The lowest BCUT2D eigenvalue weighted by Gasteiger charge is -2.15. The highest BCUT2D eigenvalue weighted by Crippen LogP contribution is 2.29. The van der Waals surface area contributed by atoms with E-state index in [-0.39, 0.29) is 39.6 Å². The van der Waals surface area contributed by atoms with E-state index in [1.807, 2.05) is 6.92 Å². The third-order valence-corrected chi connectivity index (χ3v) is 6.82. The van der Waals surface area contributed by atoms with Crippen molar-refractivity contribution in [1.29, 1.82) is 0 Å². The largest absolute Gasteiger partial charge is 0.478 e. The van der Waals surface area contributed by atoms with Gasteiger partial charge in [0.25, 0.3) is 21.8 Å². The van der Waals surface area contributed by atoms with Crippen molar-refractivity contribution in [3.05, 3.63) is 88.5 Å². The van der Waals surface area contributed by atoms with Crippen LogP contribution in [0.1, 0.15) is 49.1 Å². The van der Waals surface area contributed by atoms with Crippen LogP contribution >= 0.6 is 0 Å². The van der Waals surface area contributed by atoms with Crippen molar-refractivity contribution in [2.75, 3.05) is 4.72 Å². The quantitative estimate of drug-likeness (QED) is 0.281. The number of aromatic carboxylic acids is 1. The summed E-state index contributed by atoms with van der Waals surface area (Å²) in [4.78, 5) is 49.6. The minimum absolute atomic E-state index is 0.0131. The molecule has 0 atom stereocenters. The smallest absolute Gasteiger partial charge is 0.339 e.